The van der Waals surface area contributed by atoms with Gasteiger partial charge in [-0.2, -0.15) is 22.7 Å². The Bertz CT molecular complexity index is 719. The second-order valence-electron chi connectivity index (χ2n) is 4.34. The highest BCUT2D eigenvalue weighted by molar-refractivity contribution is 7.08. The highest BCUT2D eigenvalue weighted by atomic mass is 32.1. The number of hydrogen-bond acceptors (Lipinski definition) is 5. The highest BCUT2D eigenvalue weighted by Crippen LogP contribution is 2.14. The van der Waals surface area contributed by atoms with E-state index in [9.17, 15) is 9.59 Å². The standard InChI is InChI=1S/C15H11N3O2S2/c19-14(10-4-6-21-8-10)17-12-2-1-3-13(16-12)18-15(20)11-5-7-22-9-11/h1-9H,(H2,16,17,18,19,20). The summed E-state index contributed by atoms with van der Waals surface area (Å²) in [7, 11) is 0. The van der Waals surface area contributed by atoms with Gasteiger partial charge in [-0.25, -0.2) is 4.98 Å². The smallest absolute Gasteiger partial charge is 0.257 e. The number of rotatable bonds is 4. The number of pyridine rings is 1. The zero-order chi connectivity index (χ0) is 15.4. The van der Waals surface area contributed by atoms with Crippen molar-refractivity contribution in [2.24, 2.45) is 0 Å². The molecule has 3 aromatic heterocycles. The molecule has 0 bridgehead atoms. The number of nitrogens with one attached hydrogen (secondary N) is 2. The number of hydrogen-bond donors (Lipinski definition) is 2. The van der Waals surface area contributed by atoms with Crippen LogP contribution < -0.4 is 10.6 Å². The summed E-state index contributed by atoms with van der Waals surface area (Å²) in [5.74, 6) is 0.323. The molecule has 0 spiro atoms. The van der Waals surface area contributed by atoms with Crippen molar-refractivity contribution in [3.8, 4) is 0 Å². The van der Waals surface area contributed by atoms with Crippen molar-refractivity contribution in [1.82, 2.24) is 4.98 Å². The lowest BCUT2D eigenvalue weighted by Gasteiger charge is -2.06. The molecule has 5 nitrogen and oxygen atoms in total. The molecule has 2 amide bonds. The van der Waals surface area contributed by atoms with Crippen LogP contribution >= 0.6 is 22.7 Å². The van der Waals surface area contributed by atoms with Crippen LogP contribution in [0.1, 0.15) is 20.7 Å². The van der Waals surface area contributed by atoms with Crippen molar-refractivity contribution in [3.05, 3.63) is 63.0 Å². The third kappa shape index (κ3) is 3.38. The molecule has 0 atom stereocenters. The Kier molecular flexibility index (Phi) is 4.27. The lowest BCUT2D eigenvalue weighted by molar-refractivity contribution is 0.102. The van der Waals surface area contributed by atoms with Gasteiger partial charge in [0.2, 0.25) is 0 Å². The van der Waals surface area contributed by atoms with E-state index in [-0.39, 0.29) is 11.8 Å². The van der Waals surface area contributed by atoms with Gasteiger partial charge in [0.05, 0.1) is 11.1 Å². The Morgan fingerprint density at radius 3 is 1.73 bits per heavy atom. The third-order valence-corrected chi connectivity index (χ3v) is 4.17. The zero-order valence-corrected chi connectivity index (χ0v) is 12.9. The van der Waals surface area contributed by atoms with E-state index >= 15 is 0 Å². The van der Waals surface area contributed by atoms with E-state index in [1.54, 1.807) is 41.1 Å². The van der Waals surface area contributed by atoms with Crippen LogP contribution in [0.2, 0.25) is 0 Å². The van der Waals surface area contributed by atoms with Crippen molar-refractivity contribution >= 4 is 46.1 Å². The molecule has 110 valence electrons. The molecule has 0 saturated heterocycles. The molecule has 0 aliphatic rings. The largest absolute Gasteiger partial charge is 0.306 e. The van der Waals surface area contributed by atoms with Crippen LogP contribution in [0.3, 0.4) is 0 Å². The van der Waals surface area contributed by atoms with Gasteiger partial charge in [0, 0.05) is 10.8 Å². The first-order valence-electron chi connectivity index (χ1n) is 6.36. The molecule has 3 rings (SSSR count). The Balaban J connectivity index is 1.70. The summed E-state index contributed by atoms with van der Waals surface area (Å²) in [6.07, 6.45) is 0. The van der Waals surface area contributed by atoms with Crippen LogP contribution in [-0.2, 0) is 0 Å². The highest BCUT2D eigenvalue weighted by Gasteiger charge is 2.10. The third-order valence-electron chi connectivity index (χ3n) is 2.80. The van der Waals surface area contributed by atoms with E-state index in [0.717, 1.165) is 0 Å². The van der Waals surface area contributed by atoms with Gasteiger partial charge in [-0.15, -0.1) is 0 Å². The first-order valence-corrected chi connectivity index (χ1v) is 8.25. The van der Waals surface area contributed by atoms with Crippen LogP contribution in [0.4, 0.5) is 11.6 Å². The van der Waals surface area contributed by atoms with E-state index in [4.69, 9.17) is 0 Å². The summed E-state index contributed by atoms with van der Waals surface area (Å²) in [4.78, 5) is 28.1. The average Bonchev–Trinajstić information content (AvgIpc) is 3.21. The van der Waals surface area contributed by atoms with Crippen molar-refractivity contribution in [1.29, 1.82) is 0 Å². The summed E-state index contributed by atoms with van der Waals surface area (Å²) in [5, 5.41) is 12.6. The van der Waals surface area contributed by atoms with Crippen LogP contribution in [-0.4, -0.2) is 16.8 Å². The van der Waals surface area contributed by atoms with Gasteiger partial charge in [0.25, 0.3) is 11.8 Å². The van der Waals surface area contributed by atoms with E-state index in [1.807, 2.05) is 10.8 Å². The minimum absolute atomic E-state index is 0.227. The minimum Gasteiger partial charge on any atom is -0.306 e. The predicted molar refractivity (Wildman–Crippen MR) is 88.8 cm³/mol. The Morgan fingerprint density at radius 2 is 1.32 bits per heavy atom. The van der Waals surface area contributed by atoms with Crippen molar-refractivity contribution in [3.63, 3.8) is 0 Å². The molecule has 7 heteroatoms. The van der Waals surface area contributed by atoms with Crippen LogP contribution in [0.15, 0.2) is 51.9 Å². The van der Waals surface area contributed by atoms with Crippen LogP contribution in [0.5, 0.6) is 0 Å². The fourth-order valence-corrected chi connectivity index (χ4v) is 3.01. The molecule has 0 fully saturated rings. The van der Waals surface area contributed by atoms with E-state index in [2.05, 4.69) is 15.6 Å². The second-order valence-corrected chi connectivity index (χ2v) is 5.90. The monoisotopic (exact) mass is 329 g/mol. The van der Waals surface area contributed by atoms with E-state index < -0.39 is 0 Å². The fourth-order valence-electron chi connectivity index (χ4n) is 1.74. The summed E-state index contributed by atoms with van der Waals surface area (Å²) < 4.78 is 0. The second kappa shape index (κ2) is 6.50. The zero-order valence-electron chi connectivity index (χ0n) is 11.3. The van der Waals surface area contributed by atoms with Crippen molar-refractivity contribution in [2.45, 2.75) is 0 Å². The van der Waals surface area contributed by atoms with Crippen molar-refractivity contribution < 1.29 is 9.59 Å². The molecule has 0 saturated carbocycles. The predicted octanol–water partition coefficient (Wildman–Crippen LogP) is 3.71. The Morgan fingerprint density at radius 1 is 0.818 bits per heavy atom. The van der Waals surface area contributed by atoms with Crippen LogP contribution in [0, 0.1) is 0 Å². The van der Waals surface area contributed by atoms with Gasteiger partial charge < -0.3 is 10.6 Å². The minimum atomic E-state index is -0.227. The van der Waals surface area contributed by atoms with Gasteiger partial charge >= 0.3 is 0 Å². The Labute approximate surface area is 134 Å². The number of anilines is 2. The first-order chi connectivity index (χ1) is 10.7. The first kappa shape index (κ1) is 14.4. The maximum atomic E-state index is 12.0. The van der Waals surface area contributed by atoms with Crippen LogP contribution in [0.25, 0.3) is 0 Å². The SMILES string of the molecule is O=C(Nc1cccc(NC(=O)c2ccsc2)n1)c1ccsc1. The van der Waals surface area contributed by atoms with E-state index in [0.29, 0.717) is 22.8 Å². The number of aromatic nitrogens is 1. The molecular weight excluding hydrogens is 318 g/mol. The summed E-state index contributed by atoms with van der Waals surface area (Å²) in [6.45, 7) is 0. The number of nitrogens with zero attached hydrogens (tertiary/aromatic N) is 1. The number of amides is 2. The van der Waals surface area contributed by atoms with Crippen molar-refractivity contribution in [2.75, 3.05) is 10.6 Å². The molecule has 22 heavy (non-hydrogen) atoms. The van der Waals surface area contributed by atoms with E-state index in [1.165, 1.54) is 22.7 Å². The van der Waals surface area contributed by atoms with Gasteiger partial charge in [0.15, 0.2) is 0 Å². The molecule has 3 aromatic rings. The lowest BCUT2D eigenvalue weighted by atomic mass is 10.3. The Hall–Kier alpha value is -2.51. The molecule has 0 radical (unpaired) electrons. The normalized spacial score (nSPS) is 10.2. The summed E-state index contributed by atoms with van der Waals surface area (Å²) in [5.41, 5.74) is 1.17. The number of carbonyl (C=O) groups excluding carboxylic acids is 2. The lowest BCUT2D eigenvalue weighted by Crippen LogP contribution is -2.15. The maximum absolute atomic E-state index is 12.0. The molecular formula is C15H11N3O2S2. The van der Waals surface area contributed by atoms with Gasteiger partial charge in [-0.3, -0.25) is 9.59 Å². The average molecular weight is 329 g/mol. The molecule has 2 N–H and O–H groups in total. The molecule has 0 aromatic carbocycles. The molecule has 0 aliphatic heterocycles. The van der Waals surface area contributed by atoms with Gasteiger partial charge in [-0.1, -0.05) is 6.07 Å². The molecule has 3 heterocycles. The van der Waals surface area contributed by atoms with Gasteiger partial charge in [-0.05, 0) is 35.0 Å². The quantitative estimate of drug-likeness (QED) is 0.766. The molecule has 0 unspecified atom stereocenters. The van der Waals surface area contributed by atoms with Gasteiger partial charge in [0.1, 0.15) is 11.6 Å². The molecule has 0 aliphatic carbocycles. The number of thiophene rings is 2. The maximum Gasteiger partial charge on any atom is 0.257 e. The fraction of sp³-hybridized carbons (Fsp3) is 0. The topological polar surface area (TPSA) is 71.1 Å². The summed E-state index contributed by atoms with van der Waals surface area (Å²) in [6, 6.07) is 8.54. The number of carbonyl (C=O) groups is 2. The summed E-state index contributed by atoms with van der Waals surface area (Å²) >= 11 is 2.90.